The smallest absolute Gasteiger partial charge is 0.334 e. The summed E-state index contributed by atoms with van der Waals surface area (Å²) in [5.41, 5.74) is 0.333. The monoisotopic (exact) mass is 428 g/mol. The zero-order chi connectivity index (χ0) is 23.9. The molecule has 172 valence electrons. The molecule has 0 aromatic rings. The van der Waals surface area contributed by atoms with E-state index in [9.17, 15) is 19.2 Å². The van der Waals surface area contributed by atoms with E-state index in [1.807, 2.05) is 0 Å². The molecule has 8 nitrogen and oxygen atoms in total. The number of ether oxygens (including phenoxy) is 4. The van der Waals surface area contributed by atoms with Crippen LogP contribution in [-0.4, -0.2) is 48.3 Å². The number of esters is 4. The van der Waals surface area contributed by atoms with E-state index in [4.69, 9.17) is 18.9 Å². The van der Waals surface area contributed by atoms with Gasteiger partial charge in [-0.2, -0.15) is 0 Å². The van der Waals surface area contributed by atoms with Gasteiger partial charge in [0.2, 0.25) is 0 Å². The van der Waals surface area contributed by atoms with Crippen LogP contribution in [0.2, 0.25) is 0 Å². The molecule has 0 spiro atoms. The number of carbonyl (C=O) groups excluding carboxylic acids is 4. The van der Waals surface area contributed by atoms with Crippen LogP contribution in [0.3, 0.4) is 0 Å². The van der Waals surface area contributed by atoms with Gasteiger partial charge in [0.1, 0.15) is 0 Å². The molecule has 0 amide bonds. The Hall–Kier alpha value is -2.64. The van der Waals surface area contributed by atoms with Gasteiger partial charge in [-0.25, -0.2) is 19.2 Å². The standard InChI is InChI=1S/C12H20O4.C10H16O4/c1-6-10(12(14)16-9(4)5)7-11(13)15-8(2)3;1-7(2)13-9(11)5-6-10(12)14-8(3)4/h7-9H,6H2,1-5H3;5-8H,1-4H3/b10-7+;6-5+. The summed E-state index contributed by atoms with van der Waals surface area (Å²) in [5, 5.41) is 0. The first-order valence-electron chi connectivity index (χ1n) is 9.99. The summed E-state index contributed by atoms with van der Waals surface area (Å²) in [6.07, 6.45) is 3.01. The molecule has 0 aromatic carbocycles. The molecule has 0 saturated carbocycles. The van der Waals surface area contributed by atoms with Crippen LogP contribution in [0.15, 0.2) is 23.8 Å². The van der Waals surface area contributed by atoms with Crippen molar-refractivity contribution in [1.82, 2.24) is 0 Å². The van der Waals surface area contributed by atoms with Gasteiger partial charge >= 0.3 is 23.9 Å². The normalized spacial score (nSPS) is 11.4. The molecule has 0 unspecified atom stereocenters. The Morgan fingerprint density at radius 2 is 0.933 bits per heavy atom. The van der Waals surface area contributed by atoms with E-state index in [0.29, 0.717) is 12.0 Å². The minimum absolute atomic E-state index is 0.187. The molecule has 0 aliphatic carbocycles. The van der Waals surface area contributed by atoms with Gasteiger partial charge in [0.25, 0.3) is 0 Å². The SMILES string of the molecule is CC(C)OC(=O)/C=C/C(=O)OC(C)C.CC/C(=C\C(=O)OC(C)C)C(=O)OC(C)C. The zero-order valence-electron chi connectivity index (χ0n) is 19.5. The van der Waals surface area contributed by atoms with Crippen molar-refractivity contribution < 1.29 is 38.1 Å². The van der Waals surface area contributed by atoms with Crippen LogP contribution in [0, 0.1) is 0 Å². The fraction of sp³-hybridized carbons (Fsp3) is 0.636. The summed E-state index contributed by atoms with van der Waals surface area (Å²) in [6, 6.07) is 0. The Morgan fingerprint density at radius 3 is 1.23 bits per heavy atom. The van der Waals surface area contributed by atoms with Gasteiger partial charge in [0.15, 0.2) is 0 Å². The summed E-state index contributed by atoms with van der Waals surface area (Å²) >= 11 is 0. The lowest BCUT2D eigenvalue weighted by Gasteiger charge is -2.10. The second-order valence-corrected chi connectivity index (χ2v) is 7.27. The second kappa shape index (κ2) is 16.2. The molecule has 0 bridgehead atoms. The summed E-state index contributed by atoms with van der Waals surface area (Å²) in [7, 11) is 0. The van der Waals surface area contributed by atoms with E-state index in [2.05, 4.69) is 0 Å². The Morgan fingerprint density at radius 1 is 0.600 bits per heavy atom. The Balaban J connectivity index is 0. The highest BCUT2D eigenvalue weighted by Crippen LogP contribution is 2.07. The van der Waals surface area contributed by atoms with Crippen LogP contribution < -0.4 is 0 Å². The molecule has 8 heteroatoms. The molecule has 0 fully saturated rings. The van der Waals surface area contributed by atoms with Crippen molar-refractivity contribution in [2.75, 3.05) is 0 Å². The van der Waals surface area contributed by atoms with E-state index in [1.54, 1.807) is 62.3 Å². The molecule has 0 atom stereocenters. The molecular formula is C22H36O8. The molecular weight excluding hydrogens is 392 g/mol. The molecule has 0 heterocycles. The quantitative estimate of drug-likeness (QED) is 0.311. The average molecular weight is 429 g/mol. The molecule has 0 saturated heterocycles. The lowest BCUT2D eigenvalue weighted by molar-refractivity contribution is -0.145. The van der Waals surface area contributed by atoms with Crippen molar-refractivity contribution in [3.05, 3.63) is 23.8 Å². The van der Waals surface area contributed by atoms with Crippen LogP contribution >= 0.6 is 0 Å². The largest absolute Gasteiger partial charge is 0.460 e. The molecule has 0 aromatic heterocycles. The predicted octanol–water partition coefficient (Wildman–Crippen LogP) is 3.67. The average Bonchev–Trinajstić information content (AvgIpc) is 2.56. The van der Waals surface area contributed by atoms with Gasteiger partial charge in [-0.05, 0) is 61.8 Å². The third kappa shape index (κ3) is 18.7. The van der Waals surface area contributed by atoms with Crippen LogP contribution in [0.4, 0.5) is 0 Å². The zero-order valence-corrected chi connectivity index (χ0v) is 19.5. The van der Waals surface area contributed by atoms with Crippen molar-refractivity contribution in [2.45, 2.75) is 93.2 Å². The maximum absolute atomic E-state index is 11.5. The van der Waals surface area contributed by atoms with E-state index in [-0.39, 0.29) is 24.4 Å². The highest BCUT2D eigenvalue weighted by atomic mass is 16.6. The van der Waals surface area contributed by atoms with E-state index >= 15 is 0 Å². The summed E-state index contributed by atoms with van der Waals surface area (Å²) < 4.78 is 19.5. The number of hydrogen-bond acceptors (Lipinski definition) is 8. The molecule has 0 aliphatic rings. The first kappa shape index (κ1) is 29.6. The van der Waals surface area contributed by atoms with Crippen molar-refractivity contribution in [3.63, 3.8) is 0 Å². The van der Waals surface area contributed by atoms with Crippen molar-refractivity contribution in [1.29, 1.82) is 0 Å². The highest BCUT2D eigenvalue weighted by molar-refractivity contribution is 5.96. The van der Waals surface area contributed by atoms with Gasteiger partial charge in [-0.1, -0.05) is 6.92 Å². The van der Waals surface area contributed by atoms with Crippen LogP contribution in [0.25, 0.3) is 0 Å². The van der Waals surface area contributed by atoms with Crippen molar-refractivity contribution >= 4 is 23.9 Å². The Bertz CT molecular complexity index is 589. The number of rotatable bonds is 9. The van der Waals surface area contributed by atoms with Crippen LogP contribution in [0.5, 0.6) is 0 Å². The lowest BCUT2D eigenvalue weighted by Crippen LogP contribution is -2.16. The molecule has 30 heavy (non-hydrogen) atoms. The van der Waals surface area contributed by atoms with Gasteiger partial charge in [-0.15, -0.1) is 0 Å². The van der Waals surface area contributed by atoms with Gasteiger partial charge < -0.3 is 18.9 Å². The molecule has 0 rings (SSSR count). The fourth-order valence-electron chi connectivity index (χ4n) is 1.68. The minimum Gasteiger partial charge on any atom is -0.460 e. The first-order valence-corrected chi connectivity index (χ1v) is 9.99. The first-order chi connectivity index (χ1) is 13.8. The fourth-order valence-corrected chi connectivity index (χ4v) is 1.68. The van der Waals surface area contributed by atoms with E-state index in [0.717, 1.165) is 12.2 Å². The van der Waals surface area contributed by atoms with Crippen LogP contribution in [0.1, 0.15) is 68.7 Å². The summed E-state index contributed by atoms with van der Waals surface area (Å²) in [5.74, 6) is -2.05. The topological polar surface area (TPSA) is 105 Å². The number of hydrogen-bond donors (Lipinski definition) is 0. The van der Waals surface area contributed by atoms with Gasteiger partial charge in [-0.3, -0.25) is 0 Å². The predicted molar refractivity (Wildman–Crippen MR) is 112 cm³/mol. The summed E-state index contributed by atoms with van der Waals surface area (Å²) in [6.45, 7) is 15.8. The summed E-state index contributed by atoms with van der Waals surface area (Å²) in [4.78, 5) is 44.7. The van der Waals surface area contributed by atoms with Gasteiger partial charge in [0.05, 0.1) is 24.4 Å². The second-order valence-electron chi connectivity index (χ2n) is 7.27. The third-order valence-electron chi connectivity index (χ3n) is 2.69. The maximum atomic E-state index is 11.5. The van der Waals surface area contributed by atoms with Crippen molar-refractivity contribution in [3.8, 4) is 0 Å². The minimum atomic E-state index is -0.541. The van der Waals surface area contributed by atoms with E-state index in [1.165, 1.54) is 6.08 Å². The third-order valence-corrected chi connectivity index (χ3v) is 2.69. The van der Waals surface area contributed by atoms with Crippen molar-refractivity contribution in [2.24, 2.45) is 0 Å². The number of carbonyl (C=O) groups is 4. The van der Waals surface area contributed by atoms with E-state index < -0.39 is 23.9 Å². The Labute approximate surface area is 179 Å². The van der Waals surface area contributed by atoms with Crippen LogP contribution in [-0.2, 0) is 38.1 Å². The highest BCUT2D eigenvalue weighted by Gasteiger charge is 2.13. The molecule has 0 radical (unpaired) electrons. The maximum Gasteiger partial charge on any atom is 0.334 e. The lowest BCUT2D eigenvalue weighted by atomic mass is 10.2. The molecule has 0 aliphatic heterocycles. The van der Waals surface area contributed by atoms with Gasteiger partial charge in [0, 0.05) is 23.8 Å². The molecule has 0 N–H and O–H groups in total. The Kier molecular flexibility index (Phi) is 16.0.